The van der Waals surface area contributed by atoms with Gasteiger partial charge in [0.1, 0.15) is 0 Å². The number of hydrogen-bond donors (Lipinski definition) is 2. The van der Waals surface area contributed by atoms with E-state index in [1.807, 2.05) is 23.9 Å². The molecule has 0 aromatic heterocycles. The maximum atomic E-state index is 11.9. The van der Waals surface area contributed by atoms with Crippen molar-refractivity contribution >= 4 is 29.0 Å². The molecule has 1 amide bonds. The molecule has 0 aliphatic carbocycles. The zero-order valence-corrected chi connectivity index (χ0v) is 13.6. The van der Waals surface area contributed by atoms with Crippen molar-refractivity contribution in [2.75, 3.05) is 36.7 Å². The molecule has 112 valence electrons. The summed E-state index contributed by atoms with van der Waals surface area (Å²) < 4.78 is 0. The Morgan fingerprint density at radius 3 is 2.70 bits per heavy atom. The van der Waals surface area contributed by atoms with Crippen LogP contribution < -0.4 is 11.1 Å². The normalized spacial score (nSPS) is 12.0. The van der Waals surface area contributed by atoms with Crippen molar-refractivity contribution in [3.8, 4) is 0 Å². The number of benzene rings is 1. The number of rotatable bonds is 7. The van der Waals surface area contributed by atoms with E-state index in [4.69, 9.17) is 5.73 Å². The third-order valence-electron chi connectivity index (χ3n) is 3.01. The number of nitrogens with zero attached hydrogens (tertiary/aromatic N) is 1. The largest absolute Gasteiger partial charge is 0.397 e. The average Bonchev–Trinajstić information content (AvgIpc) is 2.40. The van der Waals surface area contributed by atoms with Gasteiger partial charge in [0.25, 0.3) is 5.91 Å². The van der Waals surface area contributed by atoms with E-state index in [0.29, 0.717) is 17.3 Å². The molecule has 0 spiro atoms. The second-order valence-corrected chi connectivity index (χ2v) is 6.43. The Balaban J connectivity index is 2.66. The monoisotopic (exact) mass is 295 g/mol. The molecule has 0 radical (unpaired) electrons. The highest BCUT2D eigenvalue weighted by Crippen LogP contribution is 2.22. The molecule has 20 heavy (non-hydrogen) atoms. The number of amides is 1. The van der Waals surface area contributed by atoms with Gasteiger partial charge in [0.2, 0.25) is 0 Å². The molecule has 0 aliphatic rings. The van der Waals surface area contributed by atoms with Crippen LogP contribution in [0.4, 0.5) is 11.4 Å². The molecule has 0 saturated heterocycles. The second kappa shape index (κ2) is 8.04. The first-order chi connectivity index (χ1) is 9.45. The van der Waals surface area contributed by atoms with Gasteiger partial charge in [-0.2, -0.15) is 11.8 Å². The lowest BCUT2D eigenvalue weighted by molar-refractivity contribution is 0.0827. The number of hydrogen-bond acceptors (Lipinski definition) is 4. The summed E-state index contributed by atoms with van der Waals surface area (Å²) >= 11 is 1.94. The zero-order valence-electron chi connectivity index (χ0n) is 12.8. The van der Waals surface area contributed by atoms with E-state index < -0.39 is 0 Å². The number of nitrogens with two attached hydrogens (primary N) is 1. The van der Waals surface area contributed by atoms with Crippen molar-refractivity contribution in [3.63, 3.8) is 0 Å². The van der Waals surface area contributed by atoms with Gasteiger partial charge in [-0.1, -0.05) is 6.92 Å². The Hall–Kier alpha value is -1.36. The number of carbonyl (C=O) groups is 1. The van der Waals surface area contributed by atoms with Gasteiger partial charge in [-0.15, -0.1) is 0 Å². The fourth-order valence-electron chi connectivity index (χ4n) is 1.83. The molecule has 1 aromatic rings. The molecule has 0 heterocycles. The summed E-state index contributed by atoms with van der Waals surface area (Å²) in [6.45, 7) is 4.32. The van der Waals surface area contributed by atoms with E-state index in [2.05, 4.69) is 19.2 Å². The van der Waals surface area contributed by atoms with E-state index in [9.17, 15) is 4.79 Å². The maximum Gasteiger partial charge on any atom is 0.253 e. The van der Waals surface area contributed by atoms with E-state index in [1.54, 1.807) is 25.1 Å². The van der Waals surface area contributed by atoms with Crippen LogP contribution in [0.25, 0.3) is 0 Å². The van der Waals surface area contributed by atoms with Crippen molar-refractivity contribution in [1.82, 2.24) is 4.90 Å². The molecule has 5 heteroatoms. The van der Waals surface area contributed by atoms with Gasteiger partial charge in [0.15, 0.2) is 0 Å². The molecule has 1 rings (SSSR count). The first kappa shape index (κ1) is 16.7. The van der Waals surface area contributed by atoms with Crippen molar-refractivity contribution in [2.45, 2.75) is 26.3 Å². The van der Waals surface area contributed by atoms with Crippen LogP contribution in [-0.4, -0.2) is 42.4 Å². The highest BCUT2D eigenvalue weighted by atomic mass is 32.2. The number of anilines is 2. The molecular weight excluding hydrogens is 270 g/mol. The summed E-state index contributed by atoms with van der Waals surface area (Å²) in [5, 5.41) is 3.40. The first-order valence-corrected chi connectivity index (χ1v) is 8.06. The van der Waals surface area contributed by atoms with Gasteiger partial charge in [-0.3, -0.25) is 4.79 Å². The fraction of sp³-hybridized carbons (Fsp3) is 0.533. The van der Waals surface area contributed by atoms with Crippen LogP contribution in [0.1, 0.15) is 30.6 Å². The van der Waals surface area contributed by atoms with Crippen LogP contribution in [0.3, 0.4) is 0 Å². The highest BCUT2D eigenvalue weighted by Gasteiger charge is 2.11. The van der Waals surface area contributed by atoms with Crippen LogP contribution in [-0.2, 0) is 0 Å². The SMILES string of the molecule is CCSCCC(C)Nc1ccc(C(=O)N(C)C)cc1N. The van der Waals surface area contributed by atoms with Crippen LogP contribution in [0, 0.1) is 0 Å². The van der Waals surface area contributed by atoms with Crippen LogP contribution in [0.15, 0.2) is 18.2 Å². The lowest BCUT2D eigenvalue weighted by Crippen LogP contribution is -2.22. The number of carbonyl (C=O) groups excluding carboxylic acids is 1. The number of nitrogen functional groups attached to an aromatic ring is 1. The molecule has 1 unspecified atom stereocenters. The minimum atomic E-state index is -0.0318. The van der Waals surface area contributed by atoms with E-state index in [0.717, 1.165) is 23.6 Å². The lowest BCUT2D eigenvalue weighted by atomic mass is 10.1. The van der Waals surface area contributed by atoms with Gasteiger partial charge in [-0.25, -0.2) is 0 Å². The van der Waals surface area contributed by atoms with Crippen LogP contribution in [0.2, 0.25) is 0 Å². The molecule has 1 aromatic carbocycles. The molecule has 0 aliphatic heterocycles. The molecule has 1 atom stereocenters. The van der Waals surface area contributed by atoms with Gasteiger partial charge in [0.05, 0.1) is 11.4 Å². The molecule has 0 saturated carbocycles. The molecule has 3 N–H and O–H groups in total. The van der Waals surface area contributed by atoms with Gasteiger partial charge < -0.3 is 16.0 Å². The first-order valence-electron chi connectivity index (χ1n) is 6.91. The quantitative estimate of drug-likeness (QED) is 0.600. The minimum Gasteiger partial charge on any atom is -0.397 e. The Bertz CT molecular complexity index is 449. The van der Waals surface area contributed by atoms with E-state index >= 15 is 0 Å². The molecular formula is C15H25N3OS. The summed E-state index contributed by atoms with van der Waals surface area (Å²) in [6, 6.07) is 5.80. The minimum absolute atomic E-state index is 0.0318. The fourth-order valence-corrected chi connectivity index (χ4v) is 2.64. The van der Waals surface area contributed by atoms with Crippen LogP contribution >= 0.6 is 11.8 Å². The predicted octanol–water partition coefficient (Wildman–Crippen LogP) is 2.91. The van der Waals surface area contributed by atoms with E-state index in [1.165, 1.54) is 0 Å². The molecule has 4 nitrogen and oxygen atoms in total. The smallest absolute Gasteiger partial charge is 0.253 e. The summed E-state index contributed by atoms with van der Waals surface area (Å²) in [6.07, 6.45) is 1.09. The summed E-state index contributed by atoms with van der Waals surface area (Å²) in [5.41, 5.74) is 8.16. The Labute approximate surface area is 126 Å². The summed E-state index contributed by atoms with van der Waals surface area (Å²) in [7, 11) is 3.47. The molecule has 0 fully saturated rings. The average molecular weight is 295 g/mol. The van der Waals surface area contributed by atoms with Gasteiger partial charge in [0, 0.05) is 25.7 Å². The Morgan fingerprint density at radius 1 is 1.45 bits per heavy atom. The molecule has 0 bridgehead atoms. The summed E-state index contributed by atoms with van der Waals surface area (Å²) in [4.78, 5) is 13.4. The van der Waals surface area contributed by atoms with Crippen LogP contribution in [0.5, 0.6) is 0 Å². The standard InChI is InChI=1S/C15H25N3OS/c1-5-20-9-8-11(2)17-14-7-6-12(10-13(14)16)15(19)18(3)4/h6-7,10-11,17H,5,8-9,16H2,1-4H3. The second-order valence-electron chi connectivity index (χ2n) is 5.03. The van der Waals surface area contributed by atoms with E-state index in [-0.39, 0.29) is 5.91 Å². The third-order valence-corrected chi connectivity index (χ3v) is 3.94. The topological polar surface area (TPSA) is 58.4 Å². The van der Waals surface area contributed by atoms with Crippen molar-refractivity contribution < 1.29 is 4.79 Å². The van der Waals surface area contributed by atoms with Crippen molar-refractivity contribution in [2.24, 2.45) is 0 Å². The lowest BCUT2D eigenvalue weighted by Gasteiger charge is -2.18. The van der Waals surface area contributed by atoms with Gasteiger partial charge in [-0.05, 0) is 43.0 Å². The number of thioether (sulfide) groups is 1. The maximum absolute atomic E-state index is 11.9. The van der Waals surface area contributed by atoms with Crippen molar-refractivity contribution in [1.29, 1.82) is 0 Å². The summed E-state index contributed by atoms with van der Waals surface area (Å²) in [5.74, 6) is 2.26. The highest BCUT2D eigenvalue weighted by molar-refractivity contribution is 7.99. The third kappa shape index (κ3) is 4.96. The number of nitrogens with one attached hydrogen (secondary N) is 1. The Kier molecular flexibility index (Phi) is 6.71. The zero-order chi connectivity index (χ0) is 15.1. The van der Waals surface area contributed by atoms with Gasteiger partial charge >= 0.3 is 0 Å². The van der Waals surface area contributed by atoms with Crippen molar-refractivity contribution in [3.05, 3.63) is 23.8 Å². The Morgan fingerprint density at radius 2 is 2.15 bits per heavy atom. The predicted molar refractivity (Wildman–Crippen MR) is 89.6 cm³/mol.